The fraction of sp³-hybridized carbons (Fsp3) is 0.500. The molecule has 0 radical (unpaired) electrons. The zero-order chi connectivity index (χ0) is 10.3. The minimum atomic E-state index is -0.0475. The van der Waals surface area contributed by atoms with Crippen LogP contribution in [0.25, 0.3) is 0 Å². The molecule has 14 heavy (non-hydrogen) atoms. The van der Waals surface area contributed by atoms with E-state index in [2.05, 4.69) is 11.9 Å². The molecule has 0 aromatic carbocycles. The summed E-state index contributed by atoms with van der Waals surface area (Å²) in [7, 11) is 0. The molecule has 0 bridgehead atoms. The number of hydrogen-bond donors (Lipinski definition) is 2. The van der Waals surface area contributed by atoms with Crippen LogP contribution < -0.4 is 11.5 Å². The quantitative estimate of drug-likeness (QED) is 0.788. The second-order valence-corrected chi connectivity index (χ2v) is 4.70. The highest BCUT2D eigenvalue weighted by atomic mass is 35.5. The molecule has 1 heterocycles. The SMILES string of the molecule is CC1(C(N)c2cc(Cl)cnc2N)CC1. The Balaban J connectivity index is 2.35. The zero-order valence-electron chi connectivity index (χ0n) is 8.13. The lowest BCUT2D eigenvalue weighted by Gasteiger charge is -2.20. The number of nitrogens with zero attached hydrogens (tertiary/aromatic N) is 1. The Kier molecular flexibility index (Phi) is 2.16. The molecule has 1 unspecified atom stereocenters. The number of halogens is 1. The van der Waals surface area contributed by atoms with Crippen molar-refractivity contribution in [3.05, 3.63) is 22.8 Å². The first-order valence-corrected chi connectivity index (χ1v) is 5.07. The van der Waals surface area contributed by atoms with Gasteiger partial charge in [-0.3, -0.25) is 0 Å². The van der Waals surface area contributed by atoms with Gasteiger partial charge in [0.25, 0.3) is 0 Å². The van der Waals surface area contributed by atoms with E-state index in [1.54, 1.807) is 6.20 Å². The Labute approximate surface area is 88.5 Å². The second kappa shape index (κ2) is 3.11. The molecule has 76 valence electrons. The standard InChI is InChI=1S/C10H14ClN3/c1-10(2-3-10)8(12)7-4-6(11)5-14-9(7)13/h4-5,8H,2-3,12H2,1H3,(H2,13,14). The van der Waals surface area contributed by atoms with Crippen LogP contribution >= 0.6 is 11.6 Å². The summed E-state index contributed by atoms with van der Waals surface area (Å²) in [6.07, 6.45) is 3.85. The fourth-order valence-electron chi connectivity index (χ4n) is 1.60. The monoisotopic (exact) mass is 211 g/mol. The van der Waals surface area contributed by atoms with Crippen molar-refractivity contribution < 1.29 is 0 Å². The van der Waals surface area contributed by atoms with Crippen LogP contribution in [0, 0.1) is 5.41 Å². The molecule has 1 aromatic heterocycles. The summed E-state index contributed by atoms with van der Waals surface area (Å²) < 4.78 is 0. The molecule has 0 spiro atoms. The van der Waals surface area contributed by atoms with Crippen LogP contribution in [-0.4, -0.2) is 4.98 Å². The molecule has 3 nitrogen and oxygen atoms in total. The van der Waals surface area contributed by atoms with Crippen LogP contribution in [-0.2, 0) is 0 Å². The van der Waals surface area contributed by atoms with E-state index in [1.807, 2.05) is 6.07 Å². The van der Waals surface area contributed by atoms with E-state index < -0.39 is 0 Å². The number of anilines is 1. The maximum absolute atomic E-state index is 6.13. The summed E-state index contributed by atoms with van der Waals surface area (Å²) in [5, 5.41) is 0.592. The van der Waals surface area contributed by atoms with E-state index in [9.17, 15) is 0 Å². The van der Waals surface area contributed by atoms with Gasteiger partial charge in [0.1, 0.15) is 5.82 Å². The van der Waals surface area contributed by atoms with Crippen molar-refractivity contribution in [1.82, 2.24) is 4.98 Å². The average molecular weight is 212 g/mol. The maximum atomic E-state index is 6.13. The van der Waals surface area contributed by atoms with Gasteiger partial charge in [0.15, 0.2) is 0 Å². The van der Waals surface area contributed by atoms with Crippen LogP contribution in [0.4, 0.5) is 5.82 Å². The topological polar surface area (TPSA) is 64.9 Å². The van der Waals surface area contributed by atoms with Crippen LogP contribution in [0.3, 0.4) is 0 Å². The number of nitrogens with two attached hydrogens (primary N) is 2. The molecule has 4 N–H and O–H groups in total. The van der Waals surface area contributed by atoms with Gasteiger partial charge in [-0.2, -0.15) is 0 Å². The van der Waals surface area contributed by atoms with Gasteiger partial charge in [0, 0.05) is 17.8 Å². The van der Waals surface area contributed by atoms with Crippen molar-refractivity contribution in [2.45, 2.75) is 25.8 Å². The summed E-state index contributed by atoms with van der Waals surface area (Å²) in [4.78, 5) is 4.01. The number of pyridine rings is 1. The minimum Gasteiger partial charge on any atom is -0.383 e. The molecule has 1 fully saturated rings. The predicted molar refractivity (Wildman–Crippen MR) is 57.9 cm³/mol. The van der Waals surface area contributed by atoms with Crippen LogP contribution in [0.5, 0.6) is 0 Å². The first-order chi connectivity index (χ1) is 6.53. The molecule has 1 aromatic rings. The second-order valence-electron chi connectivity index (χ2n) is 4.26. The summed E-state index contributed by atoms with van der Waals surface area (Å²) >= 11 is 5.86. The smallest absolute Gasteiger partial charge is 0.128 e. The van der Waals surface area contributed by atoms with E-state index in [-0.39, 0.29) is 11.5 Å². The molecule has 0 aliphatic heterocycles. The summed E-state index contributed by atoms with van der Waals surface area (Å²) in [5.41, 5.74) is 13.0. The average Bonchev–Trinajstić information content (AvgIpc) is 2.88. The zero-order valence-corrected chi connectivity index (χ0v) is 8.88. The highest BCUT2D eigenvalue weighted by Crippen LogP contribution is 2.53. The number of aromatic nitrogens is 1. The van der Waals surface area contributed by atoms with Gasteiger partial charge in [0.2, 0.25) is 0 Å². The summed E-state index contributed by atoms with van der Waals surface area (Å²) in [6.45, 7) is 2.16. The van der Waals surface area contributed by atoms with Crippen molar-refractivity contribution in [2.75, 3.05) is 5.73 Å². The van der Waals surface area contributed by atoms with Crippen molar-refractivity contribution >= 4 is 17.4 Å². The van der Waals surface area contributed by atoms with Gasteiger partial charge in [-0.15, -0.1) is 0 Å². The molecule has 1 aliphatic carbocycles. The molecule has 1 aliphatic rings. The first kappa shape index (κ1) is 9.74. The summed E-state index contributed by atoms with van der Waals surface area (Å²) in [6, 6.07) is 1.77. The third kappa shape index (κ3) is 1.57. The molecule has 0 amide bonds. The van der Waals surface area contributed by atoms with Crippen LogP contribution in [0.15, 0.2) is 12.3 Å². The Bertz CT molecular complexity index is 360. The van der Waals surface area contributed by atoms with Gasteiger partial charge >= 0.3 is 0 Å². The lowest BCUT2D eigenvalue weighted by atomic mass is 9.93. The molecule has 1 atom stereocenters. The van der Waals surface area contributed by atoms with E-state index >= 15 is 0 Å². The van der Waals surface area contributed by atoms with Gasteiger partial charge in [-0.25, -0.2) is 4.98 Å². The van der Waals surface area contributed by atoms with Gasteiger partial charge in [-0.05, 0) is 24.3 Å². The van der Waals surface area contributed by atoms with Gasteiger partial charge in [-0.1, -0.05) is 18.5 Å². The molecule has 1 saturated carbocycles. The largest absolute Gasteiger partial charge is 0.383 e. The van der Waals surface area contributed by atoms with Crippen molar-refractivity contribution in [3.8, 4) is 0 Å². The Morgan fingerprint density at radius 3 is 2.79 bits per heavy atom. The first-order valence-electron chi connectivity index (χ1n) is 4.69. The van der Waals surface area contributed by atoms with Crippen molar-refractivity contribution in [3.63, 3.8) is 0 Å². The lowest BCUT2D eigenvalue weighted by Crippen LogP contribution is -2.21. The van der Waals surface area contributed by atoms with Gasteiger partial charge in [0.05, 0.1) is 5.02 Å². The van der Waals surface area contributed by atoms with E-state index in [0.29, 0.717) is 10.8 Å². The van der Waals surface area contributed by atoms with Crippen molar-refractivity contribution in [1.29, 1.82) is 0 Å². The Morgan fingerprint density at radius 1 is 1.57 bits per heavy atom. The predicted octanol–water partition coefficient (Wildman–Crippen LogP) is 2.12. The number of hydrogen-bond acceptors (Lipinski definition) is 3. The highest BCUT2D eigenvalue weighted by molar-refractivity contribution is 6.30. The van der Waals surface area contributed by atoms with E-state index in [1.165, 1.54) is 0 Å². The molecule has 4 heteroatoms. The summed E-state index contributed by atoms with van der Waals surface area (Å²) in [5.74, 6) is 0.495. The van der Waals surface area contributed by atoms with Crippen molar-refractivity contribution in [2.24, 2.45) is 11.1 Å². The number of nitrogen functional groups attached to an aromatic ring is 1. The fourth-order valence-corrected chi connectivity index (χ4v) is 1.76. The molecular weight excluding hydrogens is 198 g/mol. The molecular formula is C10H14ClN3. The normalized spacial score (nSPS) is 20.5. The van der Waals surface area contributed by atoms with Crippen LogP contribution in [0.1, 0.15) is 31.4 Å². The third-order valence-electron chi connectivity index (χ3n) is 3.04. The minimum absolute atomic E-state index is 0.0475. The molecule has 2 rings (SSSR count). The maximum Gasteiger partial charge on any atom is 0.128 e. The lowest BCUT2D eigenvalue weighted by molar-refractivity contribution is 0.451. The Hall–Kier alpha value is -0.800. The van der Waals surface area contributed by atoms with Crippen LogP contribution in [0.2, 0.25) is 5.02 Å². The van der Waals surface area contributed by atoms with E-state index in [4.69, 9.17) is 23.1 Å². The molecule has 0 saturated heterocycles. The van der Waals surface area contributed by atoms with Gasteiger partial charge < -0.3 is 11.5 Å². The number of rotatable bonds is 2. The highest BCUT2D eigenvalue weighted by Gasteiger charge is 2.44. The van der Waals surface area contributed by atoms with E-state index in [0.717, 1.165) is 18.4 Å². The third-order valence-corrected chi connectivity index (χ3v) is 3.25. The Morgan fingerprint density at radius 2 is 2.21 bits per heavy atom.